The van der Waals surface area contributed by atoms with Crippen molar-refractivity contribution in [1.29, 1.82) is 0 Å². The Morgan fingerprint density at radius 1 is 0.826 bits per heavy atom. The fourth-order valence-electron chi connectivity index (χ4n) is 2.22. The van der Waals surface area contributed by atoms with Crippen molar-refractivity contribution in [3.8, 4) is 0 Å². The van der Waals surface area contributed by atoms with Crippen LogP contribution in [0.15, 0.2) is 83.8 Å². The number of carbonyl (C=O) groups excluding carboxylic acids is 1. The fourth-order valence-corrected chi connectivity index (χ4v) is 2.99. The Hall–Kier alpha value is -2.52. The van der Waals surface area contributed by atoms with E-state index in [0.29, 0.717) is 5.56 Å². The maximum Gasteiger partial charge on any atom is 0.226 e. The highest BCUT2D eigenvalue weighted by Crippen LogP contribution is 2.28. The summed E-state index contributed by atoms with van der Waals surface area (Å²) in [6.45, 7) is 2.04. The third-order valence-electron chi connectivity index (χ3n) is 3.43. The van der Waals surface area contributed by atoms with Gasteiger partial charge in [-0.25, -0.2) is 0 Å². The van der Waals surface area contributed by atoms with Crippen molar-refractivity contribution in [2.45, 2.75) is 11.8 Å². The maximum atomic E-state index is 12.6. The third kappa shape index (κ3) is 4.02. The molecule has 0 radical (unpaired) electrons. The molecule has 3 aromatic carbocycles. The van der Waals surface area contributed by atoms with E-state index < -0.39 is 0 Å². The van der Waals surface area contributed by atoms with Crippen molar-refractivity contribution in [2.75, 3.05) is 5.32 Å². The number of rotatable bonds is 4. The van der Waals surface area contributed by atoms with E-state index in [4.69, 9.17) is 0 Å². The van der Waals surface area contributed by atoms with Crippen LogP contribution in [0, 0.1) is 6.92 Å². The van der Waals surface area contributed by atoms with Crippen LogP contribution in [0.2, 0.25) is 0 Å². The van der Waals surface area contributed by atoms with Crippen LogP contribution in [-0.4, -0.2) is 5.12 Å². The normalized spacial score (nSPS) is 10.3. The Labute approximate surface area is 140 Å². The van der Waals surface area contributed by atoms with Crippen LogP contribution in [0.4, 0.5) is 11.4 Å². The van der Waals surface area contributed by atoms with E-state index in [1.807, 2.05) is 85.8 Å². The molecule has 3 heteroatoms. The monoisotopic (exact) mass is 319 g/mol. The average molecular weight is 319 g/mol. The smallest absolute Gasteiger partial charge is 0.226 e. The van der Waals surface area contributed by atoms with Gasteiger partial charge in [0.05, 0.1) is 11.3 Å². The van der Waals surface area contributed by atoms with Gasteiger partial charge in [-0.15, -0.1) is 0 Å². The Morgan fingerprint density at radius 3 is 2.22 bits per heavy atom. The Bertz CT molecular complexity index is 797. The van der Waals surface area contributed by atoms with Gasteiger partial charge < -0.3 is 5.32 Å². The standard InChI is InChI=1S/C20H17NOS/c1-15-11-13-17(14-12-15)23-20(22)18-9-5-6-10-19(18)21-16-7-3-2-4-8-16/h2-14,21H,1H3. The molecule has 0 unspecified atom stereocenters. The van der Waals surface area contributed by atoms with Gasteiger partial charge in [0.1, 0.15) is 0 Å². The highest BCUT2D eigenvalue weighted by molar-refractivity contribution is 8.14. The van der Waals surface area contributed by atoms with E-state index >= 15 is 0 Å². The minimum atomic E-state index is 0.0351. The average Bonchev–Trinajstić information content (AvgIpc) is 2.58. The van der Waals surface area contributed by atoms with Crippen LogP contribution in [0.25, 0.3) is 0 Å². The highest BCUT2D eigenvalue weighted by atomic mass is 32.2. The lowest BCUT2D eigenvalue weighted by Gasteiger charge is -2.11. The van der Waals surface area contributed by atoms with Crippen LogP contribution < -0.4 is 5.32 Å². The van der Waals surface area contributed by atoms with Gasteiger partial charge >= 0.3 is 0 Å². The molecule has 0 atom stereocenters. The summed E-state index contributed by atoms with van der Waals surface area (Å²) in [5, 5.41) is 3.35. The minimum Gasteiger partial charge on any atom is -0.355 e. The zero-order valence-corrected chi connectivity index (χ0v) is 13.6. The predicted octanol–water partition coefficient (Wildman–Crippen LogP) is 5.67. The van der Waals surface area contributed by atoms with Gasteiger partial charge in [-0.1, -0.05) is 48.0 Å². The first-order valence-electron chi connectivity index (χ1n) is 7.42. The van der Waals surface area contributed by atoms with Gasteiger partial charge in [0.2, 0.25) is 5.12 Å². The number of carbonyl (C=O) groups is 1. The van der Waals surface area contributed by atoms with E-state index in [-0.39, 0.29) is 5.12 Å². The summed E-state index contributed by atoms with van der Waals surface area (Å²) in [6, 6.07) is 25.5. The second-order valence-corrected chi connectivity index (χ2v) is 6.29. The summed E-state index contributed by atoms with van der Waals surface area (Å²) in [4.78, 5) is 13.6. The number of aryl methyl sites for hydroxylation is 1. The number of hydrogen-bond acceptors (Lipinski definition) is 3. The Kier molecular flexibility index (Phi) is 4.79. The van der Waals surface area contributed by atoms with Crippen molar-refractivity contribution < 1.29 is 4.79 Å². The van der Waals surface area contributed by atoms with Crippen LogP contribution in [0.3, 0.4) is 0 Å². The third-order valence-corrected chi connectivity index (χ3v) is 4.34. The van der Waals surface area contributed by atoms with E-state index in [9.17, 15) is 4.79 Å². The molecule has 0 fully saturated rings. The topological polar surface area (TPSA) is 29.1 Å². The number of anilines is 2. The minimum absolute atomic E-state index is 0.0351. The summed E-state index contributed by atoms with van der Waals surface area (Å²) in [5.74, 6) is 0. The Balaban J connectivity index is 1.82. The molecule has 0 saturated carbocycles. The molecule has 0 saturated heterocycles. The van der Waals surface area contributed by atoms with E-state index in [1.165, 1.54) is 17.3 Å². The molecule has 0 heterocycles. The van der Waals surface area contributed by atoms with Gasteiger partial charge in [0.25, 0.3) is 0 Å². The van der Waals surface area contributed by atoms with E-state index in [0.717, 1.165) is 16.3 Å². The van der Waals surface area contributed by atoms with Gasteiger partial charge in [0, 0.05) is 10.6 Å². The molecule has 0 spiro atoms. The molecule has 0 aliphatic rings. The van der Waals surface area contributed by atoms with Crippen LogP contribution >= 0.6 is 11.8 Å². The van der Waals surface area contributed by atoms with Crippen molar-refractivity contribution in [2.24, 2.45) is 0 Å². The van der Waals surface area contributed by atoms with Gasteiger partial charge in [-0.2, -0.15) is 0 Å². The number of benzene rings is 3. The molecule has 23 heavy (non-hydrogen) atoms. The zero-order chi connectivity index (χ0) is 16.1. The molecular formula is C20H17NOS. The SMILES string of the molecule is Cc1ccc(SC(=O)c2ccccc2Nc2ccccc2)cc1. The Morgan fingerprint density at radius 2 is 1.48 bits per heavy atom. The summed E-state index contributed by atoms with van der Waals surface area (Å²) in [7, 11) is 0. The van der Waals surface area contributed by atoms with Crippen molar-refractivity contribution in [1.82, 2.24) is 0 Å². The van der Waals surface area contributed by atoms with E-state index in [2.05, 4.69) is 5.32 Å². The lowest BCUT2D eigenvalue weighted by atomic mass is 10.2. The molecule has 114 valence electrons. The first-order chi connectivity index (χ1) is 11.2. The number of hydrogen-bond donors (Lipinski definition) is 1. The summed E-state index contributed by atoms with van der Waals surface area (Å²) in [5.41, 5.74) is 3.66. The van der Waals surface area contributed by atoms with E-state index in [1.54, 1.807) is 0 Å². The number of nitrogens with one attached hydrogen (secondary N) is 1. The molecule has 0 bridgehead atoms. The van der Waals surface area contributed by atoms with Gasteiger partial charge in [-0.05, 0) is 55.1 Å². The molecule has 0 aliphatic heterocycles. The van der Waals surface area contributed by atoms with Crippen molar-refractivity contribution >= 4 is 28.3 Å². The molecule has 0 amide bonds. The quantitative estimate of drug-likeness (QED) is 0.628. The predicted molar refractivity (Wildman–Crippen MR) is 97.5 cm³/mol. The van der Waals surface area contributed by atoms with Gasteiger partial charge in [0.15, 0.2) is 0 Å². The first kappa shape index (κ1) is 15.4. The summed E-state index contributed by atoms with van der Waals surface area (Å²) in [6.07, 6.45) is 0. The fraction of sp³-hybridized carbons (Fsp3) is 0.0500. The molecule has 0 aliphatic carbocycles. The number of para-hydroxylation sites is 2. The zero-order valence-electron chi connectivity index (χ0n) is 12.8. The first-order valence-corrected chi connectivity index (χ1v) is 8.24. The second-order valence-electron chi connectivity index (χ2n) is 5.24. The van der Waals surface area contributed by atoms with Crippen LogP contribution in [0.1, 0.15) is 15.9 Å². The lowest BCUT2D eigenvalue weighted by Crippen LogP contribution is -2.00. The molecule has 3 aromatic rings. The maximum absolute atomic E-state index is 12.6. The largest absolute Gasteiger partial charge is 0.355 e. The lowest BCUT2D eigenvalue weighted by molar-refractivity contribution is 0.108. The molecule has 2 nitrogen and oxygen atoms in total. The van der Waals surface area contributed by atoms with Crippen molar-refractivity contribution in [3.63, 3.8) is 0 Å². The summed E-state index contributed by atoms with van der Waals surface area (Å²) >= 11 is 1.25. The van der Waals surface area contributed by atoms with Crippen molar-refractivity contribution in [3.05, 3.63) is 90.0 Å². The summed E-state index contributed by atoms with van der Waals surface area (Å²) < 4.78 is 0. The highest BCUT2D eigenvalue weighted by Gasteiger charge is 2.12. The molecule has 1 N–H and O–H groups in total. The van der Waals surface area contributed by atoms with Crippen LogP contribution in [-0.2, 0) is 0 Å². The van der Waals surface area contributed by atoms with Gasteiger partial charge in [-0.3, -0.25) is 4.79 Å². The molecule has 0 aromatic heterocycles. The molecular weight excluding hydrogens is 302 g/mol. The molecule has 3 rings (SSSR count). The van der Waals surface area contributed by atoms with Crippen LogP contribution in [0.5, 0.6) is 0 Å². The number of thioether (sulfide) groups is 1. The second kappa shape index (κ2) is 7.16.